The number of rotatable bonds is 9. The van der Waals surface area contributed by atoms with Crippen LogP contribution < -0.4 is 17.0 Å². The molecule has 3 N–H and O–H groups in total. The van der Waals surface area contributed by atoms with Crippen molar-refractivity contribution in [2.75, 3.05) is 13.2 Å². The van der Waals surface area contributed by atoms with Gasteiger partial charge in [0.05, 0.1) is 24.3 Å². The summed E-state index contributed by atoms with van der Waals surface area (Å²) in [6, 6.07) is 0. The van der Waals surface area contributed by atoms with E-state index in [0.717, 1.165) is 9.98 Å². The fourth-order valence-electron chi connectivity index (χ4n) is 4.57. The largest absolute Gasteiger partial charge is 0.414 e. The normalized spacial score (nSPS) is 26.5. The molecule has 2 aliphatic rings. The molecular weight excluding hydrogens is 611 g/mol. The fraction of sp³-hybridized carbons (Fsp3) is 0.714. The number of aliphatic hydroxyl groups excluding tert-OH is 1. The van der Waals surface area contributed by atoms with E-state index < -0.39 is 62.0 Å². The van der Waals surface area contributed by atoms with Crippen molar-refractivity contribution in [3.8, 4) is 0 Å². The van der Waals surface area contributed by atoms with E-state index >= 15 is 0 Å². The number of nitrogens with zero attached hydrogens (tertiary/aromatic N) is 2. The van der Waals surface area contributed by atoms with Gasteiger partial charge < -0.3 is 24.4 Å². The summed E-state index contributed by atoms with van der Waals surface area (Å²) in [7, 11) is -9.31. The summed E-state index contributed by atoms with van der Waals surface area (Å²) in [6.45, 7) is 21.6. The van der Waals surface area contributed by atoms with Crippen LogP contribution in [0, 0.1) is 6.92 Å². The topological polar surface area (TPSA) is 161 Å². The standard InChI is InChI=1S/C28H49N3O9SSi2/c1-19-16-31(25(34)30(23(19)33)14-12-13-15-32)24-22(39-43(10,11)27(5,6)7)28(20(29)18-41(35,36)40-28)21(38-24)17-37-42(8,9)26(2,3)4/h12-13,16,18,21-22,24,32H,14-15,17,29H2,1-11H3/b13-12+. The van der Waals surface area contributed by atoms with Gasteiger partial charge in [-0.15, -0.1) is 0 Å². The summed E-state index contributed by atoms with van der Waals surface area (Å²) in [6.07, 6.45) is 0.846. The molecule has 0 aromatic carbocycles. The van der Waals surface area contributed by atoms with E-state index in [1.165, 1.54) is 22.9 Å². The number of aromatic nitrogens is 2. The Kier molecular flexibility index (Phi) is 9.79. The van der Waals surface area contributed by atoms with Crippen LogP contribution in [-0.4, -0.2) is 70.3 Å². The zero-order valence-corrected chi connectivity index (χ0v) is 30.1. The Morgan fingerprint density at radius 3 is 2.14 bits per heavy atom. The maximum absolute atomic E-state index is 13.9. The molecule has 3 heterocycles. The number of allylic oxidation sites excluding steroid dienone is 1. The Morgan fingerprint density at radius 1 is 1.07 bits per heavy atom. The Balaban J connectivity index is 2.30. The molecule has 3 rings (SSSR count). The maximum Gasteiger partial charge on any atom is 0.333 e. The lowest BCUT2D eigenvalue weighted by molar-refractivity contribution is -0.0567. The molecule has 0 aliphatic carbocycles. The number of nitrogens with two attached hydrogens (primary N) is 1. The molecule has 0 bridgehead atoms. The van der Waals surface area contributed by atoms with Crippen LogP contribution in [0.25, 0.3) is 0 Å². The third kappa shape index (κ3) is 6.73. The second kappa shape index (κ2) is 11.8. The molecule has 1 aromatic heterocycles. The van der Waals surface area contributed by atoms with Crippen molar-refractivity contribution in [2.24, 2.45) is 5.73 Å². The summed E-state index contributed by atoms with van der Waals surface area (Å²) in [5.74, 6) is 0. The maximum atomic E-state index is 13.9. The zero-order valence-electron chi connectivity index (χ0n) is 27.3. The second-order valence-corrected chi connectivity index (χ2v) is 25.4. The fourth-order valence-corrected chi connectivity index (χ4v) is 8.08. The highest BCUT2D eigenvalue weighted by molar-refractivity contribution is 7.90. The van der Waals surface area contributed by atoms with Gasteiger partial charge in [0.15, 0.2) is 28.5 Å². The summed E-state index contributed by atoms with van der Waals surface area (Å²) < 4.78 is 54.0. The molecule has 4 atom stereocenters. The molecule has 4 unspecified atom stereocenters. The lowest BCUT2D eigenvalue weighted by Crippen LogP contribution is -2.59. The summed E-state index contributed by atoms with van der Waals surface area (Å²) >= 11 is 0. The van der Waals surface area contributed by atoms with Crippen molar-refractivity contribution in [1.82, 2.24) is 9.13 Å². The van der Waals surface area contributed by atoms with Crippen LogP contribution in [0.4, 0.5) is 0 Å². The van der Waals surface area contributed by atoms with Gasteiger partial charge in [0.25, 0.3) is 15.7 Å². The minimum Gasteiger partial charge on any atom is -0.414 e. The molecule has 0 saturated carbocycles. The molecule has 0 radical (unpaired) electrons. The highest BCUT2D eigenvalue weighted by Crippen LogP contribution is 2.52. The zero-order chi connectivity index (χ0) is 33.0. The van der Waals surface area contributed by atoms with Gasteiger partial charge in [-0.1, -0.05) is 53.7 Å². The molecule has 1 aromatic rings. The first-order valence-corrected chi connectivity index (χ1v) is 21.7. The third-order valence-electron chi connectivity index (χ3n) is 9.27. The Bertz CT molecular complexity index is 1500. The molecule has 1 spiro atoms. The lowest BCUT2D eigenvalue weighted by Gasteiger charge is -2.43. The van der Waals surface area contributed by atoms with Gasteiger partial charge >= 0.3 is 5.69 Å². The molecule has 1 fully saturated rings. The van der Waals surface area contributed by atoms with Crippen LogP contribution in [0.5, 0.6) is 0 Å². The van der Waals surface area contributed by atoms with Gasteiger partial charge in [-0.25, -0.2) is 8.98 Å². The lowest BCUT2D eigenvalue weighted by atomic mass is 9.89. The van der Waals surface area contributed by atoms with E-state index in [1.807, 2.05) is 33.9 Å². The summed E-state index contributed by atoms with van der Waals surface area (Å²) in [4.78, 5) is 26.9. The molecule has 12 nitrogen and oxygen atoms in total. The Morgan fingerprint density at radius 2 is 1.65 bits per heavy atom. The second-order valence-electron chi connectivity index (χ2n) is 14.4. The molecular formula is C28H49N3O9SSi2. The number of hydrogen-bond acceptors (Lipinski definition) is 10. The average Bonchev–Trinajstić information content (AvgIpc) is 3.27. The minimum absolute atomic E-state index is 0.0684. The van der Waals surface area contributed by atoms with Crippen molar-refractivity contribution in [3.05, 3.63) is 55.9 Å². The van der Waals surface area contributed by atoms with Crippen LogP contribution >= 0.6 is 0 Å². The van der Waals surface area contributed by atoms with Gasteiger partial charge in [0.1, 0.15) is 12.2 Å². The quantitative estimate of drug-likeness (QED) is 0.229. The molecule has 2 aliphatic heterocycles. The number of aliphatic hydroxyl groups is 1. The SMILES string of the molecule is Cc1cn(C2OC(CO[Si](C)(C)C(C)(C)C)C3(OS(=O)(=O)C=C3N)C2O[Si](C)(C)C(C)(C)C)c(=O)n(C/C=C/CO)c1=O. The van der Waals surface area contributed by atoms with Crippen LogP contribution in [0.3, 0.4) is 0 Å². The molecule has 0 amide bonds. The smallest absolute Gasteiger partial charge is 0.333 e. The van der Waals surface area contributed by atoms with Gasteiger partial charge in [-0.2, -0.15) is 8.42 Å². The first kappa shape index (κ1) is 35.6. The van der Waals surface area contributed by atoms with Crippen LogP contribution in [-0.2, 0) is 34.4 Å². The predicted molar refractivity (Wildman–Crippen MR) is 170 cm³/mol. The van der Waals surface area contributed by atoms with E-state index in [4.69, 9.17) is 28.6 Å². The molecule has 1 saturated heterocycles. The van der Waals surface area contributed by atoms with Crippen molar-refractivity contribution in [3.63, 3.8) is 0 Å². The van der Waals surface area contributed by atoms with E-state index in [1.54, 1.807) is 6.92 Å². The number of hydrogen-bond donors (Lipinski definition) is 2. The number of aryl methyl sites for hydroxylation is 1. The minimum atomic E-state index is -4.23. The Labute approximate surface area is 256 Å². The number of ether oxygens (including phenoxy) is 1. The summed E-state index contributed by atoms with van der Waals surface area (Å²) in [5, 5.41) is 9.55. The van der Waals surface area contributed by atoms with Crippen LogP contribution in [0.1, 0.15) is 53.3 Å². The van der Waals surface area contributed by atoms with Crippen molar-refractivity contribution in [2.45, 2.75) is 115 Å². The van der Waals surface area contributed by atoms with Crippen molar-refractivity contribution >= 4 is 26.8 Å². The third-order valence-corrected chi connectivity index (χ3v) is 19.3. The van der Waals surface area contributed by atoms with Gasteiger partial charge in [0.2, 0.25) is 0 Å². The predicted octanol–water partition coefficient (Wildman–Crippen LogP) is 3.08. The summed E-state index contributed by atoms with van der Waals surface area (Å²) in [5.41, 5.74) is 3.64. The molecule has 15 heteroatoms. The molecule has 244 valence electrons. The monoisotopic (exact) mass is 659 g/mol. The van der Waals surface area contributed by atoms with E-state index in [-0.39, 0.29) is 41.1 Å². The van der Waals surface area contributed by atoms with E-state index in [9.17, 15) is 18.0 Å². The van der Waals surface area contributed by atoms with Gasteiger partial charge in [-0.05, 0) is 43.2 Å². The van der Waals surface area contributed by atoms with Crippen LogP contribution in [0.15, 0.2) is 39.0 Å². The highest BCUT2D eigenvalue weighted by Gasteiger charge is 2.67. The van der Waals surface area contributed by atoms with Crippen molar-refractivity contribution in [1.29, 1.82) is 0 Å². The highest BCUT2D eigenvalue weighted by atomic mass is 32.2. The first-order chi connectivity index (χ1) is 19.4. The average molecular weight is 660 g/mol. The van der Waals surface area contributed by atoms with Gasteiger partial charge in [0, 0.05) is 18.3 Å². The van der Waals surface area contributed by atoms with Crippen molar-refractivity contribution < 1.29 is 31.3 Å². The van der Waals surface area contributed by atoms with E-state index in [2.05, 4.69) is 33.9 Å². The van der Waals surface area contributed by atoms with E-state index in [0.29, 0.717) is 0 Å². The van der Waals surface area contributed by atoms with Crippen LogP contribution in [0.2, 0.25) is 36.3 Å². The first-order valence-electron chi connectivity index (χ1n) is 14.4. The molecule has 43 heavy (non-hydrogen) atoms. The van der Waals surface area contributed by atoms with Gasteiger partial charge in [-0.3, -0.25) is 13.9 Å². The Hall–Kier alpha value is -1.86.